The first-order valence-corrected chi connectivity index (χ1v) is 10.1. The highest BCUT2D eigenvalue weighted by atomic mass is 35.5. The second kappa shape index (κ2) is 10.9. The maximum Gasteiger partial charge on any atom is 0.309 e. The Morgan fingerprint density at radius 1 is 1.41 bits per heavy atom. The van der Waals surface area contributed by atoms with E-state index in [1.165, 1.54) is 6.08 Å². The predicted octanol–water partition coefficient (Wildman–Crippen LogP) is 2.84. The number of aliphatic carboxylic acids is 1. The van der Waals surface area contributed by atoms with Crippen molar-refractivity contribution in [2.24, 2.45) is 0 Å². The smallest absolute Gasteiger partial charge is 0.309 e. The minimum atomic E-state index is -1.12. The summed E-state index contributed by atoms with van der Waals surface area (Å²) in [5.74, 6) is -1.57. The van der Waals surface area contributed by atoms with Gasteiger partial charge in [-0.05, 0) is 38.7 Å². The van der Waals surface area contributed by atoms with E-state index in [0.29, 0.717) is 41.9 Å². The van der Waals surface area contributed by atoms with Gasteiger partial charge in [-0.3, -0.25) is 9.59 Å². The van der Waals surface area contributed by atoms with Crippen LogP contribution in [0.3, 0.4) is 0 Å². The van der Waals surface area contributed by atoms with Gasteiger partial charge < -0.3 is 24.8 Å². The first kappa shape index (κ1) is 23.6. The zero-order valence-corrected chi connectivity index (χ0v) is 17.5. The molecule has 0 aromatic rings. The molecule has 2 aliphatic heterocycles. The first-order valence-electron chi connectivity index (χ1n) is 9.77. The lowest BCUT2D eigenvalue weighted by atomic mass is 10.0. The third-order valence-corrected chi connectivity index (χ3v) is 5.43. The Balaban J connectivity index is 2.19. The van der Waals surface area contributed by atoms with Crippen molar-refractivity contribution in [3.05, 3.63) is 34.4 Å². The summed E-state index contributed by atoms with van der Waals surface area (Å²) in [7, 11) is 0. The zero-order valence-electron chi connectivity index (χ0n) is 16.7. The predicted molar refractivity (Wildman–Crippen MR) is 107 cm³/mol. The molecular weight excluding hydrogens is 400 g/mol. The van der Waals surface area contributed by atoms with E-state index in [-0.39, 0.29) is 18.9 Å². The largest absolute Gasteiger partial charge is 0.481 e. The van der Waals surface area contributed by atoms with Gasteiger partial charge >= 0.3 is 11.9 Å². The monoisotopic (exact) mass is 428 g/mol. The molecule has 29 heavy (non-hydrogen) atoms. The number of carboxylic acid groups (broad SMARTS) is 1. The van der Waals surface area contributed by atoms with Crippen LogP contribution in [0.15, 0.2) is 34.4 Å². The Morgan fingerprint density at radius 2 is 2.14 bits per heavy atom. The van der Waals surface area contributed by atoms with Crippen molar-refractivity contribution in [3.63, 3.8) is 0 Å². The lowest BCUT2D eigenvalue weighted by Gasteiger charge is -2.23. The third kappa shape index (κ3) is 7.59. The summed E-state index contributed by atoms with van der Waals surface area (Å²) >= 11 is 6.26. The van der Waals surface area contributed by atoms with E-state index in [2.05, 4.69) is 0 Å². The molecular formula is C21H29ClO7. The number of aliphatic hydroxyl groups is 2. The molecule has 2 heterocycles. The standard InChI is InChI=1S/C21H29ClO7/c1-12(9-19(25)26)8-17(24)21-18-10-15(28-21)7-6-14(22)5-3-4-13(2)16(23)11-20(27)29-18/h4-5,8,15-18,21,23-24H,3,6-7,9-11H2,1-2H3,(H,25,26)/b12-8+,13-4-,14-5-/t15?,16-,17+,18?,21-/m0/s1. The Morgan fingerprint density at radius 3 is 2.83 bits per heavy atom. The van der Waals surface area contributed by atoms with Gasteiger partial charge in [0.25, 0.3) is 0 Å². The summed E-state index contributed by atoms with van der Waals surface area (Å²) in [6, 6.07) is 0. The number of rotatable bonds is 4. The highest BCUT2D eigenvalue weighted by molar-refractivity contribution is 6.29. The Kier molecular flexibility index (Phi) is 8.89. The summed E-state index contributed by atoms with van der Waals surface area (Å²) in [6.07, 6.45) is 3.00. The van der Waals surface area contributed by atoms with Crippen LogP contribution in [0.25, 0.3) is 0 Å². The maximum atomic E-state index is 12.3. The average molecular weight is 429 g/mol. The topological polar surface area (TPSA) is 113 Å². The van der Waals surface area contributed by atoms with Crippen LogP contribution in [0, 0.1) is 0 Å². The summed E-state index contributed by atoms with van der Waals surface area (Å²) in [6.45, 7) is 3.35. The summed E-state index contributed by atoms with van der Waals surface area (Å²) in [5.41, 5.74) is 1.14. The summed E-state index contributed by atoms with van der Waals surface area (Å²) < 4.78 is 11.5. The second-order valence-electron chi connectivity index (χ2n) is 7.65. The van der Waals surface area contributed by atoms with Crippen LogP contribution in [-0.4, -0.2) is 57.8 Å². The number of hydrogen-bond donors (Lipinski definition) is 3. The summed E-state index contributed by atoms with van der Waals surface area (Å²) in [4.78, 5) is 23.2. The number of carbonyl (C=O) groups excluding carboxylic acids is 1. The van der Waals surface area contributed by atoms with Crippen molar-refractivity contribution in [2.75, 3.05) is 0 Å². The molecule has 0 saturated carbocycles. The molecule has 0 radical (unpaired) electrons. The second-order valence-corrected chi connectivity index (χ2v) is 8.14. The van der Waals surface area contributed by atoms with Crippen LogP contribution in [0.2, 0.25) is 0 Å². The molecule has 3 N–H and O–H groups in total. The van der Waals surface area contributed by atoms with E-state index in [4.69, 9.17) is 26.2 Å². The molecule has 0 spiro atoms. The number of esters is 1. The normalized spacial score (nSPS) is 34.2. The van der Waals surface area contributed by atoms with E-state index >= 15 is 0 Å². The van der Waals surface area contributed by atoms with E-state index in [1.807, 2.05) is 12.2 Å². The van der Waals surface area contributed by atoms with Crippen molar-refractivity contribution in [2.45, 2.75) is 82.9 Å². The van der Waals surface area contributed by atoms with E-state index < -0.39 is 36.4 Å². The number of allylic oxidation sites excluding steroid dienone is 3. The van der Waals surface area contributed by atoms with Crippen LogP contribution >= 0.6 is 11.6 Å². The van der Waals surface area contributed by atoms with Crippen molar-refractivity contribution in [3.8, 4) is 0 Å². The lowest BCUT2D eigenvalue weighted by Crippen LogP contribution is -2.37. The highest BCUT2D eigenvalue weighted by Crippen LogP contribution is 2.31. The van der Waals surface area contributed by atoms with Gasteiger partial charge in [0.15, 0.2) is 0 Å². The van der Waals surface area contributed by atoms with E-state index in [0.717, 1.165) is 0 Å². The van der Waals surface area contributed by atoms with Gasteiger partial charge in [-0.2, -0.15) is 0 Å². The molecule has 162 valence electrons. The van der Waals surface area contributed by atoms with Crippen molar-refractivity contribution in [1.29, 1.82) is 0 Å². The average Bonchev–Trinajstić information content (AvgIpc) is 3.00. The minimum absolute atomic E-state index is 0.197. The fourth-order valence-electron chi connectivity index (χ4n) is 3.49. The molecule has 2 rings (SSSR count). The minimum Gasteiger partial charge on any atom is -0.481 e. The van der Waals surface area contributed by atoms with Crippen LogP contribution in [0.5, 0.6) is 0 Å². The van der Waals surface area contributed by atoms with Gasteiger partial charge in [-0.1, -0.05) is 35.4 Å². The molecule has 0 aromatic carbocycles. The van der Waals surface area contributed by atoms with Gasteiger partial charge in [0.05, 0.1) is 25.0 Å². The SMILES string of the molecule is C/C1=C/C/C=C(\Cl)CCC2CC(OC(=O)C[C@@H]1O)[C@H]([C@H](O)/C=C(\C)CC(=O)O)O2. The Labute approximate surface area is 175 Å². The van der Waals surface area contributed by atoms with E-state index in [1.54, 1.807) is 13.8 Å². The number of carboxylic acids is 1. The van der Waals surface area contributed by atoms with Crippen LogP contribution in [0.1, 0.15) is 52.4 Å². The number of ether oxygens (including phenoxy) is 2. The quantitative estimate of drug-likeness (QED) is 0.466. The molecule has 1 saturated heterocycles. The number of fused-ring (bicyclic) bond motifs is 2. The van der Waals surface area contributed by atoms with Crippen molar-refractivity contribution >= 4 is 23.5 Å². The van der Waals surface area contributed by atoms with Crippen LogP contribution < -0.4 is 0 Å². The number of hydrogen-bond acceptors (Lipinski definition) is 6. The molecule has 5 atom stereocenters. The first-order chi connectivity index (χ1) is 13.7. The highest BCUT2D eigenvalue weighted by Gasteiger charge is 2.41. The molecule has 2 bridgehead atoms. The molecule has 0 aromatic heterocycles. The molecule has 0 amide bonds. The number of carbonyl (C=O) groups is 2. The number of aliphatic hydroxyl groups excluding tert-OH is 2. The molecule has 2 unspecified atom stereocenters. The Hall–Kier alpha value is -1.67. The van der Waals surface area contributed by atoms with Crippen molar-refractivity contribution < 1.29 is 34.4 Å². The molecule has 7 nitrogen and oxygen atoms in total. The third-order valence-electron chi connectivity index (χ3n) is 5.09. The van der Waals surface area contributed by atoms with Crippen LogP contribution in [0.4, 0.5) is 0 Å². The zero-order chi connectivity index (χ0) is 21.6. The van der Waals surface area contributed by atoms with Crippen LogP contribution in [-0.2, 0) is 19.1 Å². The molecule has 2 aliphatic rings. The van der Waals surface area contributed by atoms with Gasteiger partial charge in [-0.15, -0.1) is 0 Å². The van der Waals surface area contributed by atoms with Gasteiger partial charge in [0.2, 0.25) is 0 Å². The lowest BCUT2D eigenvalue weighted by molar-refractivity contribution is -0.156. The fraction of sp³-hybridized carbons (Fsp3) is 0.619. The fourth-order valence-corrected chi connectivity index (χ4v) is 3.69. The molecule has 1 fully saturated rings. The number of halogens is 1. The van der Waals surface area contributed by atoms with Crippen molar-refractivity contribution in [1.82, 2.24) is 0 Å². The molecule has 0 aliphatic carbocycles. The van der Waals surface area contributed by atoms with E-state index in [9.17, 15) is 19.8 Å². The Bertz CT molecular complexity index is 697. The van der Waals surface area contributed by atoms with Gasteiger partial charge in [0.1, 0.15) is 18.3 Å². The van der Waals surface area contributed by atoms with Gasteiger partial charge in [0, 0.05) is 11.5 Å². The maximum absolute atomic E-state index is 12.3. The molecule has 8 heteroatoms. The summed E-state index contributed by atoms with van der Waals surface area (Å²) in [5, 5.41) is 30.3. The van der Waals surface area contributed by atoms with Gasteiger partial charge in [-0.25, -0.2) is 0 Å².